The third-order valence-corrected chi connectivity index (χ3v) is 4.79. The molecular formula is C19H24ClN3S. The third kappa shape index (κ3) is 4.69. The van der Waals surface area contributed by atoms with Gasteiger partial charge in [0.2, 0.25) is 0 Å². The van der Waals surface area contributed by atoms with Crippen molar-refractivity contribution in [3.8, 4) is 0 Å². The van der Waals surface area contributed by atoms with E-state index in [1.54, 1.807) is 0 Å². The standard InChI is InChI=1S/C19H24ClN3S/c1-13-8-7-11-17(14(13)2)22-19(24)21-12-18(23(3)4)15-9-5-6-10-16(15)20/h5-11,18H,12H2,1-4H3,(H2,21,22,24)/t18-/m1/s1. The van der Waals surface area contributed by atoms with E-state index < -0.39 is 0 Å². The van der Waals surface area contributed by atoms with Gasteiger partial charge in [0, 0.05) is 17.3 Å². The Balaban J connectivity index is 2.03. The lowest BCUT2D eigenvalue weighted by Gasteiger charge is -2.26. The first-order valence-electron chi connectivity index (χ1n) is 7.92. The molecule has 0 aliphatic rings. The van der Waals surface area contributed by atoms with Gasteiger partial charge in [-0.2, -0.15) is 0 Å². The van der Waals surface area contributed by atoms with E-state index in [-0.39, 0.29) is 6.04 Å². The quantitative estimate of drug-likeness (QED) is 0.764. The molecule has 24 heavy (non-hydrogen) atoms. The molecule has 0 saturated carbocycles. The zero-order valence-electron chi connectivity index (χ0n) is 14.6. The van der Waals surface area contributed by atoms with E-state index in [9.17, 15) is 0 Å². The lowest BCUT2D eigenvalue weighted by Crippen LogP contribution is -2.37. The summed E-state index contributed by atoms with van der Waals surface area (Å²) < 4.78 is 0. The molecule has 0 fully saturated rings. The van der Waals surface area contributed by atoms with E-state index in [1.807, 2.05) is 44.4 Å². The minimum Gasteiger partial charge on any atom is -0.361 e. The molecule has 128 valence electrons. The van der Waals surface area contributed by atoms with Crippen LogP contribution in [0.15, 0.2) is 42.5 Å². The Bertz CT molecular complexity index is 716. The maximum Gasteiger partial charge on any atom is 0.170 e. The molecule has 2 aromatic carbocycles. The fraction of sp³-hybridized carbons (Fsp3) is 0.316. The zero-order valence-corrected chi connectivity index (χ0v) is 16.1. The Morgan fingerprint density at radius 2 is 1.83 bits per heavy atom. The van der Waals surface area contributed by atoms with Crippen LogP contribution in [0.2, 0.25) is 5.02 Å². The first-order valence-corrected chi connectivity index (χ1v) is 8.70. The average molecular weight is 362 g/mol. The van der Waals surface area contributed by atoms with Crippen molar-refractivity contribution in [2.24, 2.45) is 0 Å². The molecule has 0 spiro atoms. The molecule has 0 amide bonds. The highest BCUT2D eigenvalue weighted by molar-refractivity contribution is 7.80. The maximum absolute atomic E-state index is 6.34. The Morgan fingerprint density at radius 1 is 1.12 bits per heavy atom. The number of thiocarbonyl (C=S) groups is 1. The molecule has 2 N–H and O–H groups in total. The molecule has 2 rings (SSSR count). The second kappa shape index (κ2) is 8.47. The summed E-state index contributed by atoms with van der Waals surface area (Å²) in [6.45, 7) is 4.86. The molecule has 0 radical (unpaired) electrons. The summed E-state index contributed by atoms with van der Waals surface area (Å²) >= 11 is 11.8. The van der Waals surface area contributed by atoms with Gasteiger partial charge >= 0.3 is 0 Å². The number of anilines is 1. The van der Waals surface area contributed by atoms with Gasteiger partial charge in [0.25, 0.3) is 0 Å². The molecular weight excluding hydrogens is 338 g/mol. The number of aryl methyl sites for hydroxylation is 1. The summed E-state index contributed by atoms with van der Waals surface area (Å²) in [5, 5.41) is 7.97. The van der Waals surface area contributed by atoms with E-state index in [0.717, 1.165) is 16.3 Å². The molecule has 5 heteroatoms. The van der Waals surface area contributed by atoms with Gasteiger partial charge < -0.3 is 15.5 Å². The first-order chi connectivity index (χ1) is 11.4. The van der Waals surface area contributed by atoms with Crippen molar-refractivity contribution >= 4 is 34.6 Å². The molecule has 0 aliphatic carbocycles. The average Bonchev–Trinajstić information content (AvgIpc) is 2.53. The highest BCUT2D eigenvalue weighted by Crippen LogP contribution is 2.25. The number of nitrogens with zero attached hydrogens (tertiary/aromatic N) is 1. The molecule has 0 aromatic heterocycles. The van der Waals surface area contributed by atoms with Crippen LogP contribution in [0.3, 0.4) is 0 Å². The Morgan fingerprint density at radius 3 is 2.50 bits per heavy atom. The van der Waals surface area contributed by atoms with Crippen LogP contribution >= 0.6 is 23.8 Å². The smallest absolute Gasteiger partial charge is 0.170 e. The fourth-order valence-corrected chi connectivity index (χ4v) is 3.01. The van der Waals surface area contributed by atoms with Crippen molar-refractivity contribution in [2.45, 2.75) is 19.9 Å². The minimum atomic E-state index is 0.136. The van der Waals surface area contributed by atoms with E-state index in [4.69, 9.17) is 23.8 Å². The van der Waals surface area contributed by atoms with Gasteiger partial charge in [-0.1, -0.05) is 41.9 Å². The van der Waals surface area contributed by atoms with Crippen molar-refractivity contribution in [1.29, 1.82) is 0 Å². The van der Waals surface area contributed by atoms with Crippen LogP contribution in [-0.4, -0.2) is 30.7 Å². The SMILES string of the molecule is Cc1cccc(NC(=S)NC[C@H](c2ccccc2Cl)N(C)C)c1C. The van der Waals surface area contributed by atoms with Crippen LogP contribution in [0.4, 0.5) is 5.69 Å². The Labute approximate surface area is 155 Å². The summed E-state index contributed by atoms with van der Waals surface area (Å²) in [5.74, 6) is 0. The van der Waals surface area contributed by atoms with Crippen LogP contribution < -0.4 is 10.6 Å². The largest absolute Gasteiger partial charge is 0.361 e. The molecule has 0 aliphatic heterocycles. The summed E-state index contributed by atoms with van der Waals surface area (Å²) in [4.78, 5) is 2.13. The molecule has 2 aromatic rings. The van der Waals surface area contributed by atoms with Crippen molar-refractivity contribution in [3.63, 3.8) is 0 Å². The summed E-state index contributed by atoms with van der Waals surface area (Å²) in [6.07, 6.45) is 0. The number of benzene rings is 2. The number of nitrogens with one attached hydrogen (secondary N) is 2. The second-order valence-electron chi connectivity index (χ2n) is 6.08. The maximum atomic E-state index is 6.34. The molecule has 1 atom stereocenters. The van der Waals surface area contributed by atoms with E-state index in [0.29, 0.717) is 11.7 Å². The van der Waals surface area contributed by atoms with Gasteiger partial charge in [-0.15, -0.1) is 0 Å². The number of halogens is 1. The predicted molar refractivity (Wildman–Crippen MR) is 108 cm³/mol. The molecule has 0 unspecified atom stereocenters. The van der Waals surface area contributed by atoms with Gasteiger partial charge in [0.1, 0.15) is 0 Å². The lowest BCUT2D eigenvalue weighted by atomic mass is 10.1. The van der Waals surface area contributed by atoms with Crippen molar-refractivity contribution in [2.75, 3.05) is 26.0 Å². The first kappa shape index (κ1) is 18.7. The fourth-order valence-electron chi connectivity index (χ4n) is 2.56. The van der Waals surface area contributed by atoms with Crippen LogP contribution in [0.25, 0.3) is 0 Å². The molecule has 3 nitrogen and oxygen atoms in total. The topological polar surface area (TPSA) is 27.3 Å². The van der Waals surface area contributed by atoms with Gasteiger partial charge in [-0.05, 0) is 69.0 Å². The van der Waals surface area contributed by atoms with E-state index >= 15 is 0 Å². The molecule has 0 saturated heterocycles. The predicted octanol–water partition coefficient (Wildman–Crippen LogP) is 4.55. The Hall–Kier alpha value is -1.62. The van der Waals surface area contributed by atoms with Gasteiger partial charge in [0.05, 0.1) is 6.04 Å². The summed E-state index contributed by atoms with van der Waals surface area (Å²) in [5.41, 5.74) is 4.57. The van der Waals surface area contributed by atoms with Gasteiger partial charge in [-0.25, -0.2) is 0 Å². The zero-order chi connectivity index (χ0) is 17.7. The molecule has 0 bridgehead atoms. The second-order valence-corrected chi connectivity index (χ2v) is 6.90. The lowest BCUT2D eigenvalue weighted by molar-refractivity contribution is 0.299. The summed E-state index contributed by atoms with van der Waals surface area (Å²) in [6, 6.07) is 14.2. The van der Waals surface area contributed by atoms with Crippen molar-refractivity contribution < 1.29 is 0 Å². The monoisotopic (exact) mass is 361 g/mol. The third-order valence-electron chi connectivity index (χ3n) is 4.20. The Kier molecular flexibility index (Phi) is 6.60. The number of rotatable bonds is 5. The highest BCUT2D eigenvalue weighted by atomic mass is 35.5. The normalized spacial score (nSPS) is 12.1. The van der Waals surface area contributed by atoms with Crippen LogP contribution in [0.5, 0.6) is 0 Å². The van der Waals surface area contributed by atoms with Crippen LogP contribution in [0.1, 0.15) is 22.7 Å². The van der Waals surface area contributed by atoms with Crippen LogP contribution in [-0.2, 0) is 0 Å². The summed E-state index contributed by atoms with van der Waals surface area (Å²) in [7, 11) is 4.08. The number of likely N-dealkylation sites (N-methyl/N-ethyl adjacent to an activating group) is 1. The number of hydrogen-bond acceptors (Lipinski definition) is 2. The van der Waals surface area contributed by atoms with Crippen molar-refractivity contribution in [1.82, 2.24) is 10.2 Å². The number of hydrogen-bond donors (Lipinski definition) is 2. The van der Waals surface area contributed by atoms with Gasteiger partial charge in [0.15, 0.2) is 5.11 Å². The van der Waals surface area contributed by atoms with E-state index in [1.165, 1.54) is 11.1 Å². The minimum absolute atomic E-state index is 0.136. The van der Waals surface area contributed by atoms with Crippen LogP contribution in [0, 0.1) is 13.8 Å². The van der Waals surface area contributed by atoms with E-state index in [2.05, 4.69) is 41.5 Å². The van der Waals surface area contributed by atoms with Crippen molar-refractivity contribution in [3.05, 3.63) is 64.2 Å². The van der Waals surface area contributed by atoms with Gasteiger partial charge in [-0.3, -0.25) is 0 Å². The highest BCUT2D eigenvalue weighted by Gasteiger charge is 2.17. The molecule has 0 heterocycles.